The van der Waals surface area contributed by atoms with Gasteiger partial charge in [0, 0.05) is 11.5 Å². The third-order valence-corrected chi connectivity index (χ3v) is 6.13. The molecule has 1 amide bonds. The van der Waals surface area contributed by atoms with Gasteiger partial charge in [-0.15, -0.1) is 0 Å². The Hall–Kier alpha value is -1.56. The molecule has 0 spiro atoms. The van der Waals surface area contributed by atoms with E-state index in [0.717, 1.165) is 50.7 Å². The lowest BCUT2D eigenvalue weighted by atomic mass is 9.62. The van der Waals surface area contributed by atoms with Gasteiger partial charge in [0.05, 0.1) is 11.6 Å². The Morgan fingerprint density at radius 3 is 2.19 bits per heavy atom. The highest BCUT2D eigenvalue weighted by Crippen LogP contribution is 2.54. The standard InChI is InChI=1S/C21H28F3NO2/c1-19(2,3)20(27)17(14-9-8-10-15(13-14)21(22,23)24)25(18(20)26)16-11-6-4-5-7-12-16/h8-10,13,16-17,27H,4-7,11-12H2,1-3H3. The number of hydrogen-bond donors (Lipinski definition) is 1. The molecule has 1 aromatic carbocycles. The zero-order chi connectivity index (χ0) is 20.0. The van der Waals surface area contributed by atoms with Crippen molar-refractivity contribution < 1.29 is 23.1 Å². The Balaban J connectivity index is 2.04. The molecule has 1 N–H and O–H groups in total. The minimum absolute atomic E-state index is 0.0258. The quantitative estimate of drug-likeness (QED) is 0.571. The van der Waals surface area contributed by atoms with E-state index in [2.05, 4.69) is 0 Å². The zero-order valence-electron chi connectivity index (χ0n) is 16.1. The number of β-lactam (4-membered cyclic amide) rings is 1. The largest absolute Gasteiger partial charge is 0.416 e. The molecule has 27 heavy (non-hydrogen) atoms. The summed E-state index contributed by atoms with van der Waals surface area (Å²) in [5, 5.41) is 11.3. The van der Waals surface area contributed by atoms with Crippen molar-refractivity contribution in [2.45, 2.75) is 83.2 Å². The van der Waals surface area contributed by atoms with Gasteiger partial charge in [-0.05, 0) is 30.5 Å². The molecule has 2 atom stereocenters. The lowest BCUT2D eigenvalue weighted by molar-refractivity contribution is -0.224. The van der Waals surface area contributed by atoms with Crippen LogP contribution in [-0.2, 0) is 11.0 Å². The Morgan fingerprint density at radius 1 is 1.07 bits per heavy atom. The first kappa shape index (κ1) is 20.2. The minimum Gasteiger partial charge on any atom is -0.377 e. The highest BCUT2D eigenvalue weighted by Gasteiger charge is 2.67. The molecule has 3 nitrogen and oxygen atoms in total. The Bertz CT molecular complexity index is 702. The summed E-state index contributed by atoms with van der Waals surface area (Å²) >= 11 is 0. The fourth-order valence-corrected chi connectivity index (χ4v) is 4.50. The Morgan fingerprint density at radius 2 is 1.67 bits per heavy atom. The van der Waals surface area contributed by atoms with Gasteiger partial charge in [-0.1, -0.05) is 58.6 Å². The van der Waals surface area contributed by atoms with Gasteiger partial charge in [0.2, 0.25) is 0 Å². The van der Waals surface area contributed by atoms with Crippen molar-refractivity contribution in [3.05, 3.63) is 35.4 Å². The van der Waals surface area contributed by atoms with Crippen LogP contribution in [0.2, 0.25) is 0 Å². The van der Waals surface area contributed by atoms with Crippen LogP contribution in [0.15, 0.2) is 24.3 Å². The molecular formula is C21H28F3NO2. The van der Waals surface area contributed by atoms with Crippen molar-refractivity contribution in [2.24, 2.45) is 5.41 Å². The minimum atomic E-state index is -4.46. The highest BCUT2D eigenvalue weighted by molar-refractivity contribution is 5.94. The molecule has 6 heteroatoms. The lowest BCUT2D eigenvalue weighted by Crippen LogP contribution is -2.75. The molecule has 2 unspecified atom stereocenters. The summed E-state index contributed by atoms with van der Waals surface area (Å²) in [6.07, 6.45) is 1.42. The van der Waals surface area contributed by atoms with Crippen LogP contribution in [0.25, 0.3) is 0 Å². The highest BCUT2D eigenvalue weighted by atomic mass is 19.4. The monoisotopic (exact) mass is 383 g/mol. The van der Waals surface area contributed by atoms with Gasteiger partial charge >= 0.3 is 6.18 Å². The SMILES string of the molecule is CC(C)(C)C1(O)C(=O)N(C2CCCCCC2)C1c1cccc(C(F)(F)F)c1. The second-order valence-corrected chi connectivity index (χ2v) is 8.90. The number of hydrogen-bond acceptors (Lipinski definition) is 2. The second-order valence-electron chi connectivity index (χ2n) is 8.90. The van der Waals surface area contributed by atoms with Crippen LogP contribution < -0.4 is 0 Å². The molecule has 3 rings (SSSR count). The molecule has 0 radical (unpaired) electrons. The second kappa shape index (κ2) is 6.80. The third-order valence-electron chi connectivity index (χ3n) is 6.13. The summed E-state index contributed by atoms with van der Waals surface area (Å²) in [7, 11) is 0. The van der Waals surface area contributed by atoms with E-state index in [-0.39, 0.29) is 11.9 Å². The van der Waals surface area contributed by atoms with E-state index in [1.54, 1.807) is 31.7 Å². The van der Waals surface area contributed by atoms with E-state index in [1.807, 2.05) is 0 Å². The number of benzene rings is 1. The van der Waals surface area contributed by atoms with Gasteiger partial charge in [0.15, 0.2) is 5.60 Å². The van der Waals surface area contributed by atoms with E-state index in [4.69, 9.17) is 0 Å². The van der Waals surface area contributed by atoms with E-state index >= 15 is 0 Å². The van der Waals surface area contributed by atoms with Crippen LogP contribution >= 0.6 is 0 Å². The zero-order valence-corrected chi connectivity index (χ0v) is 16.1. The maximum Gasteiger partial charge on any atom is 0.416 e. The number of carbonyl (C=O) groups is 1. The van der Waals surface area contributed by atoms with Gasteiger partial charge in [-0.3, -0.25) is 4.79 Å². The predicted octanol–water partition coefficient (Wildman–Crippen LogP) is 5.09. The van der Waals surface area contributed by atoms with Gasteiger partial charge in [0.1, 0.15) is 0 Å². The van der Waals surface area contributed by atoms with Gasteiger partial charge in [-0.2, -0.15) is 13.2 Å². The molecule has 0 aromatic heterocycles. The summed E-state index contributed by atoms with van der Waals surface area (Å²) in [5.74, 6) is -0.357. The van der Waals surface area contributed by atoms with Crippen molar-refractivity contribution >= 4 is 5.91 Å². The summed E-state index contributed by atoms with van der Waals surface area (Å²) in [4.78, 5) is 14.7. The maximum atomic E-state index is 13.2. The Labute approximate surface area is 158 Å². The number of amides is 1. The topological polar surface area (TPSA) is 40.5 Å². The summed E-state index contributed by atoms with van der Waals surface area (Å²) < 4.78 is 39.7. The average molecular weight is 383 g/mol. The van der Waals surface area contributed by atoms with Crippen LogP contribution in [-0.4, -0.2) is 27.6 Å². The fraction of sp³-hybridized carbons (Fsp3) is 0.667. The molecular weight excluding hydrogens is 355 g/mol. The average Bonchev–Trinajstić information content (AvgIpc) is 2.85. The van der Waals surface area contributed by atoms with E-state index in [9.17, 15) is 23.1 Å². The van der Waals surface area contributed by atoms with Gasteiger partial charge in [-0.25, -0.2) is 0 Å². The number of rotatable bonds is 2. The molecule has 2 aliphatic rings. The van der Waals surface area contributed by atoms with Crippen LogP contribution in [0.3, 0.4) is 0 Å². The van der Waals surface area contributed by atoms with Crippen molar-refractivity contribution in [2.75, 3.05) is 0 Å². The maximum absolute atomic E-state index is 13.2. The number of aliphatic hydroxyl groups is 1. The van der Waals surface area contributed by atoms with Crippen LogP contribution in [0.5, 0.6) is 0 Å². The molecule has 1 saturated heterocycles. The van der Waals surface area contributed by atoms with Crippen molar-refractivity contribution in [3.63, 3.8) is 0 Å². The first-order valence-corrected chi connectivity index (χ1v) is 9.70. The molecule has 1 aromatic rings. The van der Waals surface area contributed by atoms with Crippen LogP contribution in [0.1, 0.15) is 76.5 Å². The predicted molar refractivity (Wildman–Crippen MR) is 96.9 cm³/mol. The molecule has 1 heterocycles. The van der Waals surface area contributed by atoms with E-state index in [0.29, 0.717) is 5.56 Å². The fourth-order valence-electron chi connectivity index (χ4n) is 4.50. The van der Waals surface area contributed by atoms with Gasteiger partial charge < -0.3 is 10.0 Å². The lowest BCUT2D eigenvalue weighted by Gasteiger charge is -2.61. The van der Waals surface area contributed by atoms with Gasteiger partial charge in [0.25, 0.3) is 5.91 Å². The number of likely N-dealkylation sites (tertiary alicyclic amines) is 1. The third kappa shape index (κ3) is 3.37. The molecule has 0 bridgehead atoms. The molecule has 1 aliphatic carbocycles. The van der Waals surface area contributed by atoms with E-state index < -0.39 is 28.8 Å². The molecule has 2 fully saturated rings. The smallest absolute Gasteiger partial charge is 0.377 e. The number of halogens is 3. The van der Waals surface area contributed by atoms with Crippen LogP contribution in [0, 0.1) is 5.41 Å². The number of carbonyl (C=O) groups excluding carboxylic acids is 1. The van der Waals surface area contributed by atoms with Crippen molar-refractivity contribution in [1.29, 1.82) is 0 Å². The van der Waals surface area contributed by atoms with Crippen LogP contribution in [0.4, 0.5) is 13.2 Å². The number of alkyl halides is 3. The summed E-state index contributed by atoms with van der Waals surface area (Å²) in [6.45, 7) is 5.28. The number of nitrogens with zero attached hydrogens (tertiary/aromatic N) is 1. The molecule has 1 aliphatic heterocycles. The summed E-state index contributed by atoms with van der Waals surface area (Å²) in [6, 6.07) is 4.27. The van der Waals surface area contributed by atoms with E-state index in [1.165, 1.54) is 6.07 Å². The molecule has 1 saturated carbocycles. The Kier molecular flexibility index (Phi) is 5.08. The van der Waals surface area contributed by atoms with Crippen molar-refractivity contribution in [1.82, 2.24) is 4.90 Å². The van der Waals surface area contributed by atoms with Crippen molar-refractivity contribution in [3.8, 4) is 0 Å². The molecule has 150 valence electrons. The first-order chi connectivity index (χ1) is 12.5. The normalized spacial score (nSPS) is 28.0. The summed E-state index contributed by atoms with van der Waals surface area (Å²) in [5.41, 5.74) is -2.89. The first-order valence-electron chi connectivity index (χ1n) is 9.70.